The van der Waals surface area contributed by atoms with Crippen LogP contribution in [0.3, 0.4) is 0 Å². The Bertz CT molecular complexity index is 653. The van der Waals surface area contributed by atoms with Gasteiger partial charge in [-0.2, -0.15) is 0 Å². The van der Waals surface area contributed by atoms with E-state index in [0.717, 1.165) is 5.69 Å². The van der Waals surface area contributed by atoms with Gasteiger partial charge >= 0.3 is 6.03 Å². The van der Waals surface area contributed by atoms with Crippen molar-refractivity contribution in [3.63, 3.8) is 0 Å². The lowest BCUT2D eigenvalue weighted by Crippen LogP contribution is -2.24. The van der Waals surface area contributed by atoms with Gasteiger partial charge in [-0.3, -0.25) is 9.78 Å². The molecule has 0 bridgehead atoms. The summed E-state index contributed by atoms with van der Waals surface area (Å²) in [6.45, 7) is 1.86. The smallest absolute Gasteiger partial charge is 0.318 e. The first kappa shape index (κ1) is 14.5. The Morgan fingerprint density at radius 2 is 1.76 bits per heavy atom. The van der Waals surface area contributed by atoms with Gasteiger partial charge < -0.3 is 16.0 Å². The van der Waals surface area contributed by atoms with E-state index in [0.29, 0.717) is 16.9 Å². The summed E-state index contributed by atoms with van der Waals surface area (Å²) in [5.74, 6) is -0.250. The van der Waals surface area contributed by atoms with Gasteiger partial charge in [-0.25, -0.2) is 4.79 Å². The van der Waals surface area contributed by atoms with Gasteiger partial charge in [-0.15, -0.1) is 0 Å². The molecule has 3 amide bonds. The second-order valence-corrected chi connectivity index (χ2v) is 4.43. The number of amides is 3. The third kappa shape index (κ3) is 4.04. The highest BCUT2D eigenvalue weighted by molar-refractivity contribution is 6.04. The zero-order valence-corrected chi connectivity index (χ0v) is 11.8. The van der Waals surface area contributed by atoms with Crippen LogP contribution in [0.5, 0.6) is 0 Å². The average Bonchev–Trinajstić information content (AvgIpc) is 2.48. The standard InChI is InChI=1S/C15H16N4O2/c1-10-6-7-11(9-17-10)14(20)18-12-4-3-5-13(8-12)19-15(21)16-2/h3-9H,1-2H3,(H,18,20)(H2,16,19,21). The van der Waals surface area contributed by atoms with Crippen LogP contribution in [0.25, 0.3) is 0 Å². The van der Waals surface area contributed by atoms with E-state index < -0.39 is 0 Å². The molecule has 0 saturated carbocycles. The second kappa shape index (κ2) is 6.51. The number of hydrogen-bond acceptors (Lipinski definition) is 3. The number of hydrogen-bond donors (Lipinski definition) is 3. The van der Waals surface area contributed by atoms with E-state index >= 15 is 0 Å². The molecule has 3 N–H and O–H groups in total. The molecule has 1 aromatic heterocycles. The number of benzene rings is 1. The van der Waals surface area contributed by atoms with Gasteiger partial charge in [0.25, 0.3) is 5.91 Å². The Labute approximate surface area is 122 Å². The van der Waals surface area contributed by atoms with E-state index in [1.54, 1.807) is 36.4 Å². The summed E-state index contributed by atoms with van der Waals surface area (Å²) in [6.07, 6.45) is 1.53. The topological polar surface area (TPSA) is 83.1 Å². The fourth-order valence-corrected chi connectivity index (χ4v) is 1.67. The van der Waals surface area contributed by atoms with Crippen LogP contribution >= 0.6 is 0 Å². The highest BCUT2D eigenvalue weighted by atomic mass is 16.2. The van der Waals surface area contributed by atoms with Crippen LogP contribution < -0.4 is 16.0 Å². The lowest BCUT2D eigenvalue weighted by atomic mass is 10.2. The lowest BCUT2D eigenvalue weighted by Gasteiger charge is -2.08. The molecule has 0 radical (unpaired) electrons. The van der Waals surface area contributed by atoms with Crippen molar-refractivity contribution in [1.82, 2.24) is 10.3 Å². The fourth-order valence-electron chi connectivity index (χ4n) is 1.67. The summed E-state index contributed by atoms with van der Waals surface area (Å²) < 4.78 is 0. The average molecular weight is 284 g/mol. The minimum Gasteiger partial charge on any atom is -0.341 e. The molecule has 0 aliphatic rings. The molecule has 21 heavy (non-hydrogen) atoms. The summed E-state index contributed by atoms with van der Waals surface area (Å²) in [6, 6.07) is 10.1. The predicted molar refractivity (Wildman–Crippen MR) is 81.4 cm³/mol. The van der Waals surface area contributed by atoms with Gasteiger partial charge in [0.05, 0.1) is 5.56 Å². The van der Waals surface area contributed by atoms with Crippen molar-refractivity contribution < 1.29 is 9.59 Å². The Morgan fingerprint density at radius 3 is 2.38 bits per heavy atom. The van der Waals surface area contributed by atoms with Gasteiger partial charge in [0.2, 0.25) is 0 Å². The SMILES string of the molecule is CNC(=O)Nc1cccc(NC(=O)c2ccc(C)nc2)c1. The molecular formula is C15H16N4O2. The first-order valence-electron chi connectivity index (χ1n) is 6.41. The van der Waals surface area contributed by atoms with Gasteiger partial charge in [-0.1, -0.05) is 6.07 Å². The van der Waals surface area contributed by atoms with Crippen molar-refractivity contribution in [2.45, 2.75) is 6.92 Å². The van der Waals surface area contributed by atoms with E-state index in [9.17, 15) is 9.59 Å². The van der Waals surface area contributed by atoms with Crippen molar-refractivity contribution >= 4 is 23.3 Å². The van der Waals surface area contributed by atoms with Crippen LogP contribution in [0.15, 0.2) is 42.6 Å². The van der Waals surface area contributed by atoms with Crippen LogP contribution in [-0.4, -0.2) is 24.0 Å². The number of nitrogens with one attached hydrogen (secondary N) is 3. The monoisotopic (exact) mass is 284 g/mol. The summed E-state index contributed by atoms with van der Waals surface area (Å²) in [5.41, 5.74) is 2.51. The van der Waals surface area contributed by atoms with Gasteiger partial charge in [0.15, 0.2) is 0 Å². The normalized spacial score (nSPS) is 9.81. The third-order valence-corrected chi connectivity index (χ3v) is 2.78. The third-order valence-electron chi connectivity index (χ3n) is 2.78. The summed E-state index contributed by atoms with van der Waals surface area (Å²) in [4.78, 5) is 27.4. The zero-order chi connectivity index (χ0) is 15.2. The molecule has 108 valence electrons. The molecule has 6 heteroatoms. The Balaban J connectivity index is 2.08. The number of carbonyl (C=O) groups excluding carboxylic acids is 2. The first-order valence-corrected chi connectivity index (χ1v) is 6.41. The Morgan fingerprint density at radius 1 is 1.05 bits per heavy atom. The molecule has 2 aromatic rings. The van der Waals surface area contributed by atoms with Gasteiger partial charge in [0, 0.05) is 30.3 Å². The van der Waals surface area contributed by atoms with Crippen molar-refractivity contribution in [2.24, 2.45) is 0 Å². The highest BCUT2D eigenvalue weighted by Gasteiger charge is 2.07. The molecular weight excluding hydrogens is 268 g/mol. The van der Waals surface area contributed by atoms with E-state index in [4.69, 9.17) is 0 Å². The first-order chi connectivity index (χ1) is 10.1. The lowest BCUT2D eigenvalue weighted by molar-refractivity contribution is 0.102. The van der Waals surface area contributed by atoms with Crippen molar-refractivity contribution in [1.29, 1.82) is 0 Å². The molecule has 0 spiro atoms. The maximum atomic E-state index is 12.1. The zero-order valence-electron chi connectivity index (χ0n) is 11.8. The molecule has 0 unspecified atom stereocenters. The number of carbonyl (C=O) groups is 2. The van der Waals surface area contributed by atoms with E-state index in [1.807, 2.05) is 6.92 Å². The largest absolute Gasteiger partial charge is 0.341 e. The number of aromatic nitrogens is 1. The molecule has 6 nitrogen and oxygen atoms in total. The predicted octanol–water partition coefficient (Wildman–Crippen LogP) is 2.39. The number of nitrogens with zero attached hydrogens (tertiary/aromatic N) is 1. The minimum absolute atomic E-state index is 0.250. The van der Waals surface area contributed by atoms with Crippen molar-refractivity contribution in [3.8, 4) is 0 Å². The highest BCUT2D eigenvalue weighted by Crippen LogP contribution is 2.16. The number of aryl methyl sites for hydroxylation is 1. The van der Waals surface area contributed by atoms with E-state index in [1.165, 1.54) is 13.2 Å². The van der Waals surface area contributed by atoms with Crippen molar-refractivity contribution in [3.05, 3.63) is 53.9 Å². The number of urea groups is 1. The minimum atomic E-state index is -0.318. The summed E-state index contributed by atoms with van der Waals surface area (Å²) in [5, 5.41) is 7.86. The van der Waals surface area contributed by atoms with Crippen LogP contribution in [0.2, 0.25) is 0 Å². The van der Waals surface area contributed by atoms with Crippen LogP contribution in [-0.2, 0) is 0 Å². The molecule has 0 atom stereocenters. The molecule has 0 fully saturated rings. The van der Waals surface area contributed by atoms with Crippen LogP contribution in [0.4, 0.5) is 16.2 Å². The number of anilines is 2. The molecule has 0 aliphatic carbocycles. The number of pyridine rings is 1. The molecule has 1 heterocycles. The van der Waals surface area contributed by atoms with Crippen molar-refractivity contribution in [2.75, 3.05) is 17.7 Å². The second-order valence-electron chi connectivity index (χ2n) is 4.43. The molecule has 0 saturated heterocycles. The Hall–Kier alpha value is -2.89. The van der Waals surface area contributed by atoms with Gasteiger partial charge in [0.1, 0.15) is 0 Å². The maximum absolute atomic E-state index is 12.1. The molecule has 2 rings (SSSR count). The number of rotatable bonds is 3. The Kier molecular flexibility index (Phi) is 4.50. The van der Waals surface area contributed by atoms with Gasteiger partial charge in [-0.05, 0) is 37.3 Å². The summed E-state index contributed by atoms with van der Waals surface area (Å²) in [7, 11) is 1.53. The van der Waals surface area contributed by atoms with E-state index in [-0.39, 0.29) is 11.9 Å². The molecule has 1 aromatic carbocycles. The maximum Gasteiger partial charge on any atom is 0.318 e. The fraction of sp³-hybridized carbons (Fsp3) is 0.133. The van der Waals surface area contributed by atoms with Crippen LogP contribution in [0, 0.1) is 6.92 Å². The van der Waals surface area contributed by atoms with Crippen LogP contribution in [0.1, 0.15) is 16.1 Å². The summed E-state index contributed by atoms with van der Waals surface area (Å²) >= 11 is 0. The molecule has 0 aliphatic heterocycles. The van der Waals surface area contributed by atoms with E-state index in [2.05, 4.69) is 20.9 Å². The quantitative estimate of drug-likeness (QED) is 0.809.